The van der Waals surface area contributed by atoms with Gasteiger partial charge in [-0.05, 0) is 45.7 Å². The van der Waals surface area contributed by atoms with E-state index in [1.165, 1.54) is 4.88 Å². The highest BCUT2D eigenvalue weighted by molar-refractivity contribution is 7.09. The zero-order chi connectivity index (χ0) is 13.8. The summed E-state index contributed by atoms with van der Waals surface area (Å²) in [6.45, 7) is 6.67. The summed E-state index contributed by atoms with van der Waals surface area (Å²) in [6.07, 6.45) is 1.01. The minimum atomic E-state index is -0.479. The molecule has 18 heavy (non-hydrogen) atoms. The van der Waals surface area contributed by atoms with E-state index < -0.39 is 5.41 Å². The fourth-order valence-corrected chi connectivity index (χ4v) is 2.75. The van der Waals surface area contributed by atoms with Crippen LogP contribution >= 0.6 is 11.3 Å². The van der Waals surface area contributed by atoms with Gasteiger partial charge in [-0.3, -0.25) is 10.2 Å². The van der Waals surface area contributed by atoms with Crippen molar-refractivity contribution in [1.82, 2.24) is 10.3 Å². The number of carbonyl (C=O) groups is 1. The van der Waals surface area contributed by atoms with Crippen molar-refractivity contribution in [2.45, 2.75) is 33.2 Å². The Morgan fingerprint density at radius 1 is 1.61 bits per heavy atom. The summed E-state index contributed by atoms with van der Waals surface area (Å²) in [7, 11) is 2.05. The van der Waals surface area contributed by atoms with Gasteiger partial charge in [-0.1, -0.05) is 6.07 Å². The molecular weight excluding hydrogens is 246 g/mol. The number of rotatable bonds is 6. The van der Waals surface area contributed by atoms with E-state index >= 15 is 0 Å². The molecule has 0 bridgehead atoms. The number of hydrogen-bond acceptors (Lipinski definition) is 4. The van der Waals surface area contributed by atoms with Crippen molar-refractivity contribution < 1.29 is 4.79 Å². The highest BCUT2D eigenvalue weighted by Crippen LogP contribution is 2.19. The number of amides is 1. The van der Waals surface area contributed by atoms with Gasteiger partial charge in [0.25, 0.3) is 0 Å². The zero-order valence-corrected chi connectivity index (χ0v) is 12.4. The largest absolute Gasteiger partial charge is 0.302 e. The molecule has 0 aliphatic carbocycles. The molecule has 0 aromatic carbocycles. The highest BCUT2D eigenvalue weighted by Gasteiger charge is 2.29. The minimum Gasteiger partial charge on any atom is -0.302 e. The van der Waals surface area contributed by atoms with Crippen LogP contribution in [0.4, 0.5) is 0 Å². The summed E-state index contributed by atoms with van der Waals surface area (Å²) in [4.78, 5) is 15.2. The first-order chi connectivity index (χ1) is 8.36. The van der Waals surface area contributed by atoms with Crippen LogP contribution in [0, 0.1) is 5.41 Å². The van der Waals surface area contributed by atoms with Crippen LogP contribution in [0.5, 0.6) is 0 Å². The molecule has 0 saturated carbocycles. The second-order valence-electron chi connectivity index (χ2n) is 5.40. The Bertz CT molecular complexity index is 376. The predicted octanol–water partition coefficient (Wildman–Crippen LogP) is 1.63. The van der Waals surface area contributed by atoms with Crippen LogP contribution in [0.25, 0.3) is 0 Å². The first-order valence-corrected chi connectivity index (χ1v) is 6.98. The molecule has 0 aliphatic heterocycles. The number of likely N-dealkylation sites (N-methyl/N-ethyl adjacent to an activating group) is 1. The summed E-state index contributed by atoms with van der Waals surface area (Å²) in [5.74, 6) is 5.08. The maximum Gasteiger partial charge on any atom is 0.240 e. The fraction of sp³-hybridized carbons (Fsp3) is 0.615. The van der Waals surface area contributed by atoms with Crippen molar-refractivity contribution in [3.8, 4) is 0 Å². The monoisotopic (exact) mass is 269 g/mol. The lowest BCUT2D eigenvalue weighted by Gasteiger charge is -2.32. The maximum absolute atomic E-state index is 11.6. The molecular formula is C13H23N3OS. The van der Waals surface area contributed by atoms with Crippen molar-refractivity contribution in [3.05, 3.63) is 22.4 Å². The third-order valence-electron chi connectivity index (χ3n) is 3.22. The van der Waals surface area contributed by atoms with Crippen LogP contribution in [-0.2, 0) is 11.2 Å². The Kier molecular flexibility index (Phi) is 5.31. The Hall–Kier alpha value is -0.910. The number of hydrogen-bond donors (Lipinski definition) is 2. The molecule has 1 unspecified atom stereocenters. The summed E-state index contributed by atoms with van der Waals surface area (Å²) < 4.78 is 0. The van der Waals surface area contributed by atoms with Gasteiger partial charge in [0.2, 0.25) is 5.91 Å². The van der Waals surface area contributed by atoms with E-state index in [9.17, 15) is 4.79 Å². The molecule has 0 radical (unpaired) electrons. The molecule has 3 N–H and O–H groups in total. The average molecular weight is 269 g/mol. The van der Waals surface area contributed by atoms with Crippen LogP contribution < -0.4 is 11.3 Å². The Balaban J connectivity index is 2.54. The first kappa shape index (κ1) is 15.1. The van der Waals surface area contributed by atoms with E-state index in [1.54, 1.807) is 11.3 Å². The van der Waals surface area contributed by atoms with Gasteiger partial charge in [0.1, 0.15) is 0 Å². The van der Waals surface area contributed by atoms with E-state index in [-0.39, 0.29) is 5.91 Å². The topological polar surface area (TPSA) is 58.4 Å². The fourth-order valence-electron chi connectivity index (χ4n) is 1.92. The lowest BCUT2D eigenvalue weighted by atomic mass is 9.91. The quantitative estimate of drug-likeness (QED) is 0.469. The second kappa shape index (κ2) is 6.31. The number of nitrogens with two attached hydrogens (primary N) is 1. The van der Waals surface area contributed by atoms with Crippen LogP contribution in [0.3, 0.4) is 0 Å². The molecule has 1 rings (SSSR count). The molecule has 0 spiro atoms. The van der Waals surface area contributed by atoms with Gasteiger partial charge in [-0.2, -0.15) is 0 Å². The molecule has 1 aromatic rings. The van der Waals surface area contributed by atoms with Crippen LogP contribution in [0.2, 0.25) is 0 Å². The Morgan fingerprint density at radius 2 is 2.28 bits per heavy atom. The van der Waals surface area contributed by atoms with Crippen LogP contribution in [0.1, 0.15) is 25.6 Å². The predicted molar refractivity (Wildman–Crippen MR) is 76.2 cm³/mol. The van der Waals surface area contributed by atoms with Crippen LogP contribution in [0.15, 0.2) is 17.5 Å². The molecule has 1 heterocycles. The molecule has 0 fully saturated rings. The number of nitrogens with zero attached hydrogens (tertiary/aromatic N) is 1. The number of hydrazine groups is 1. The first-order valence-electron chi connectivity index (χ1n) is 6.10. The van der Waals surface area contributed by atoms with Gasteiger partial charge in [0.15, 0.2) is 0 Å². The average Bonchev–Trinajstić information content (AvgIpc) is 2.79. The SMILES string of the molecule is CC(Cc1cccs1)N(C)CC(C)(C)C(=O)NN. The van der Waals surface area contributed by atoms with E-state index in [0.29, 0.717) is 12.6 Å². The van der Waals surface area contributed by atoms with Gasteiger partial charge in [0, 0.05) is 17.5 Å². The lowest BCUT2D eigenvalue weighted by Crippen LogP contribution is -2.48. The molecule has 1 aromatic heterocycles. The maximum atomic E-state index is 11.6. The number of nitrogens with one attached hydrogen (secondary N) is 1. The van der Waals surface area contributed by atoms with Crippen molar-refractivity contribution in [2.75, 3.05) is 13.6 Å². The summed E-state index contributed by atoms with van der Waals surface area (Å²) in [6, 6.07) is 4.61. The normalized spacial score (nSPS) is 13.7. The van der Waals surface area contributed by atoms with Gasteiger partial charge < -0.3 is 4.90 Å². The third kappa shape index (κ3) is 4.08. The van der Waals surface area contributed by atoms with Gasteiger partial charge >= 0.3 is 0 Å². The van der Waals surface area contributed by atoms with Gasteiger partial charge in [-0.15, -0.1) is 11.3 Å². The smallest absolute Gasteiger partial charge is 0.240 e. The lowest BCUT2D eigenvalue weighted by molar-refractivity contribution is -0.130. The Morgan fingerprint density at radius 3 is 2.78 bits per heavy atom. The number of thiophene rings is 1. The minimum absolute atomic E-state index is 0.127. The van der Waals surface area contributed by atoms with Crippen LogP contribution in [-0.4, -0.2) is 30.4 Å². The summed E-state index contributed by atoms with van der Waals surface area (Å²) in [5, 5.41) is 2.09. The van der Waals surface area contributed by atoms with E-state index in [4.69, 9.17) is 5.84 Å². The third-order valence-corrected chi connectivity index (χ3v) is 4.12. The summed E-state index contributed by atoms with van der Waals surface area (Å²) >= 11 is 1.77. The van der Waals surface area contributed by atoms with Crippen molar-refractivity contribution in [2.24, 2.45) is 11.3 Å². The van der Waals surface area contributed by atoms with E-state index in [2.05, 4.69) is 34.8 Å². The Labute approximate surface area is 113 Å². The summed E-state index contributed by atoms with van der Waals surface area (Å²) in [5.41, 5.74) is 1.75. The van der Waals surface area contributed by atoms with E-state index in [0.717, 1.165) is 6.42 Å². The molecule has 1 amide bonds. The van der Waals surface area contributed by atoms with Crippen molar-refractivity contribution in [3.63, 3.8) is 0 Å². The molecule has 4 nitrogen and oxygen atoms in total. The van der Waals surface area contributed by atoms with Crippen molar-refractivity contribution >= 4 is 17.2 Å². The molecule has 102 valence electrons. The van der Waals surface area contributed by atoms with Crippen molar-refractivity contribution in [1.29, 1.82) is 0 Å². The molecule has 5 heteroatoms. The van der Waals surface area contributed by atoms with Gasteiger partial charge in [0.05, 0.1) is 5.41 Å². The second-order valence-corrected chi connectivity index (χ2v) is 6.44. The standard InChI is InChI=1S/C13H23N3OS/c1-10(8-11-6-5-7-18-11)16(4)9-13(2,3)12(17)15-14/h5-7,10H,8-9,14H2,1-4H3,(H,15,17). The number of carbonyl (C=O) groups excluding carboxylic acids is 1. The zero-order valence-electron chi connectivity index (χ0n) is 11.6. The van der Waals surface area contributed by atoms with Gasteiger partial charge in [-0.25, -0.2) is 5.84 Å². The van der Waals surface area contributed by atoms with E-state index in [1.807, 2.05) is 20.9 Å². The molecule has 0 aliphatic rings. The highest BCUT2D eigenvalue weighted by atomic mass is 32.1. The molecule has 1 atom stereocenters. The molecule has 0 saturated heterocycles.